The summed E-state index contributed by atoms with van der Waals surface area (Å²) in [6.45, 7) is 1.23. The van der Waals surface area contributed by atoms with E-state index < -0.39 is 21.4 Å². The Morgan fingerprint density at radius 3 is 2.59 bits per heavy atom. The largest absolute Gasteiger partial charge is 0.463 e. The predicted molar refractivity (Wildman–Crippen MR) is 106 cm³/mol. The zero-order chi connectivity index (χ0) is 20.4. The second-order valence-corrected chi connectivity index (χ2v) is 8.41. The number of hydrogen-bond donors (Lipinski definition) is 1. The molecule has 0 spiro atoms. The second-order valence-electron chi connectivity index (χ2n) is 6.47. The number of ether oxygens (including phenoxy) is 1. The monoisotopic (exact) mass is 414 g/mol. The number of para-hydroxylation sites is 1. The van der Waals surface area contributed by atoms with Crippen LogP contribution in [0.3, 0.4) is 0 Å². The van der Waals surface area contributed by atoms with Gasteiger partial charge in [-0.15, -0.1) is 0 Å². The maximum Gasteiger partial charge on any atom is 0.262 e. The Hall–Kier alpha value is -3.01. The number of morpholine rings is 1. The lowest BCUT2D eigenvalue weighted by Gasteiger charge is -2.26. The third-order valence-electron chi connectivity index (χ3n) is 4.62. The standard InChI is InChI=1S/C20H18N2O6S/c23-19-16-6-1-2-7-18(16)28-13-17(19)20(24)21-14-4-3-5-15(12-14)29(25,26)22-8-10-27-11-9-22/h1-7,12-13H,8-11H2,(H,21,24). The van der Waals surface area contributed by atoms with Crippen LogP contribution < -0.4 is 10.7 Å². The van der Waals surface area contributed by atoms with Gasteiger partial charge in [-0.25, -0.2) is 8.42 Å². The van der Waals surface area contributed by atoms with Crippen LogP contribution in [0, 0.1) is 0 Å². The Labute approximate surface area is 166 Å². The molecule has 1 aromatic heterocycles. The van der Waals surface area contributed by atoms with Crippen LogP contribution in [0.25, 0.3) is 11.0 Å². The van der Waals surface area contributed by atoms with E-state index in [0.29, 0.717) is 24.2 Å². The highest BCUT2D eigenvalue weighted by molar-refractivity contribution is 7.89. The summed E-state index contributed by atoms with van der Waals surface area (Å²) in [7, 11) is -3.70. The summed E-state index contributed by atoms with van der Waals surface area (Å²) < 4.78 is 37.5. The molecular formula is C20H18N2O6S. The van der Waals surface area contributed by atoms with Gasteiger partial charge in [-0.05, 0) is 30.3 Å². The van der Waals surface area contributed by atoms with Gasteiger partial charge in [-0.1, -0.05) is 18.2 Å². The molecule has 150 valence electrons. The number of fused-ring (bicyclic) bond motifs is 1. The third kappa shape index (κ3) is 3.80. The molecule has 1 fully saturated rings. The van der Waals surface area contributed by atoms with E-state index in [4.69, 9.17) is 9.15 Å². The van der Waals surface area contributed by atoms with Crippen LogP contribution in [-0.2, 0) is 14.8 Å². The van der Waals surface area contributed by atoms with Crippen molar-refractivity contribution in [3.8, 4) is 0 Å². The Morgan fingerprint density at radius 1 is 1.03 bits per heavy atom. The number of sulfonamides is 1. The first-order chi connectivity index (χ1) is 14.0. The minimum absolute atomic E-state index is 0.0581. The quantitative estimate of drug-likeness (QED) is 0.701. The van der Waals surface area contributed by atoms with E-state index in [0.717, 1.165) is 6.26 Å². The van der Waals surface area contributed by atoms with Crippen molar-refractivity contribution in [2.24, 2.45) is 0 Å². The molecule has 3 aromatic rings. The van der Waals surface area contributed by atoms with E-state index in [1.807, 2.05) is 0 Å². The summed E-state index contributed by atoms with van der Waals surface area (Å²) in [6.07, 6.45) is 1.11. The first-order valence-corrected chi connectivity index (χ1v) is 10.4. The number of nitrogens with zero attached hydrogens (tertiary/aromatic N) is 1. The summed E-state index contributed by atoms with van der Waals surface area (Å²) in [5.41, 5.74) is 0.0242. The van der Waals surface area contributed by atoms with Crippen LogP contribution in [0.15, 0.2) is 68.9 Å². The molecule has 29 heavy (non-hydrogen) atoms. The van der Waals surface area contributed by atoms with Gasteiger partial charge >= 0.3 is 0 Å². The van der Waals surface area contributed by atoms with Gasteiger partial charge in [0.15, 0.2) is 0 Å². The van der Waals surface area contributed by atoms with Crippen molar-refractivity contribution in [1.82, 2.24) is 4.31 Å². The fraction of sp³-hybridized carbons (Fsp3) is 0.200. The smallest absolute Gasteiger partial charge is 0.262 e. The molecule has 0 unspecified atom stereocenters. The Morgan fingerprint density at radius 2 is 1.79 bits per heavy atom. The Bertz CT molecular complexity index is 1230. The molecule has 0 saturated carbocycles. The summed E-state index contributed by atoms with van der Waals surface area (Å²) in [4.78, 5) is 25.2. The average Bonchev–Trinajstić information content (AvgIpc) is 2.75. The minimum atomic E-state index is -3.70. The van der Waals surface area contributed by atoms with Gasteiger partial charge in [0.05, 0.1) is 23.5 Å². The molecular weight excluding hydrogens is 396 g/mol. The van der Waals surface area contributed by atoms with E-state index >= 15 is 0 Å². The van der Waals surface area contributed by atoms with Crippen LogP contribution in [-0.4, -0.2) is 44.9 Å². The topological polar surface area (TPSA) is 106 Å². The maximum atomic E-state index is 12.8. The van der Waals surface area contributed by atoms with Gasteiger partial charge in [0.2, 0.25) is 15.5 Å². The number of hydrogen-bond acceptors (Lipinski definition) is 6. The number of benzene rings is 2. The van der Waals surface area contributed by atoms with Crippen molar-refractivity contribution in [1.29, 1.82) is 0 Å². The molecule has 2 aromatic carbocycles. The van der Waals surface area contributed by atoms with E-state index in [1.54, 1.807) is 30.3 Å². The Balaban J connectivity index is 1.61. The zero-order valence-corrected chi connectivity index (χ0v) is 16.1. The van der Waals surface area contributed by atoms with Crippen molar-refractivity contribution in [3.63, 3.8) is 0 Å². The molecule has 0 bridgehead atoms. The molecule has 1 N–H and O–H groups in total. The highest BCUT2D eigenvalue weighted by Gasteiger charge is 2.26. The first kappa shape index (κ1) is 19.3. The fourth-order valence-electron chi connectivity index (χ4n) is 3.10. The van der Waals surface area contributed by atoms with E-state index in [9.17, 15) is 18.0 Å². The highest BCUT2D eigenvalue weighted by atomic mass is 32.2. The molecule has 2 heterocycles. The minimum Gasteiger partial charge on any atom is -0.463 e. The molecule has 1 saturated heterocycles. The number of rotatable bonds is 4. The normalized spacial score (nSPS) is 15.3. The van der Waals surface area contributed by atoms with Crippen molar-refractivity contribution < 1.29 is 22.4 Å². The highest BCUT2D eigenvalue weighted by Crippen LogP contribution is 2.21. The Kier molecular flexibility index (Phi) is 5.18. The lowest BCUT2D eigenvalue weighted by molar-refractivity contribution is 0.0730. The average molecular weight is 414 g/mol. The SMILES string of the molecule is O=C(Nc1cccc(S(=O)(=O)N2CCOCC2)c1)c1coc2ccccc2c1=O. The summed E-state index contributed by atoms with van der Waals surface area (Å²) in [5, 5.41) is 2.87. The lowest BCUT2D eigenvalue weighted by atomic mass is 10.1. The molecule has 9 heteroatoms. The number of carbonyl (C=O) groups excluding carboxylic acids is 1. The van der Waals surface area contributed by atoms with Gasteiger partial charge in [0.25, 0.3) is 5.91 Å². The molecule has 1 aliphatic rings. The van der Waals surface area contributed by atoms with Gasteiger partial charge in [-0.2, -0.15) is 4.31 Å². The molecule has 0 aliphatic carbocycles. The van der Waals surface area contributed by atoms with E-state index in [1.165, 1.54) is 22.5 Å². The number of anilines is 1. The number of amides is 1. The third-order valence-corrected chi connectivity index (χ3v) is 6.52. The van der Waals surface area contributed by atoms with Gasteiger partial charge in [0, 0.05) is 18.8 Å². The fourth-order valence-corrected chi connectivity index (χ4v) is 4.56. The van der Waals surface area contributed by atoms with Crippen LogP contribution in [0.1, 0.15) is 10.4 Å². The van der Waals surface area contributed by atoms with Crippen LogP contribution >= 0.6 is 0 Å². The van der Waals surface area contributed by atoms with Crippen LogP contribution in [0.5, 0.6) is 0 Å². The summed E-state index contributed by atoms with van der Waals surface area (Å²) in [5.74, 6) is -0.676. The predicted octanol–water partition coefficient (Wildman–Crippen LogP) is 2.07. The van der Waals surface area contributed by atoms with E-state index in [-0.39, 0.29) is 29.2 Å². The summed E-state index contributed by atoms with van der Waals surface area (Å²) in [6, 6.07) is 12.5. The lowest BCUT2D eigenvalue weighted by Crippen LogP contribution is -2.40. The molecule has 0 atom stereocenters. The van der Waals surface area contributed by atoms with Gasteiger partial charge < -0.3 is 14.5 Å². The van der Waals surface area contributed by atoms with Crippen LogP contribution in [0.2, 0.25) is 0 Å². The van der Waals surface area contributed by atoms with Crippen molar-refractivity contribution in [2.75, 3.05) is 31.6 Å². The number of carbonyl (C=O) groups is 1. The maximum absolute atomic E-state index is 12.8. The van der Waals surface area contributed by atoms with Crippen molar-refractivity contribution in [3.05, 3.63) is 70.6 Å². The second kappa shape index (κ2) is 7.78. The molecule has 8 nitrogen and oxygen atoms in total. The molecule has 4 rings (SSSR count). The van der Waals surface area contributed by atoms with Gasteiger partial charge in [-0.3, -0.25) is 9.59 Å². The molecule has 1 amide bonds. The van der Waals surface area contributed by atoms with Crippen molar-refractivity contribution in [2.45, 2.75) is 4.90 Å². The molecule has 0 radical (unpaired) electrons. The van der Waals surface area contributed by atoms with Crippen LogP contribution in [0.4, 0.5) is 5.69 Å². The first-order valence-electron chi connectivity index (χ1n) is 8.97. The molecule has 1 aliphatic heterocycles. The summed E-state index contributed by atoms with van der Waals surface area (Å²) >= 11 is 0. The van der Waals surface area contributed by atoms with Gasteiger partial charge in [0.1, 0.15) is 17.4 Å². The van der Waals surface area contributed by atoms with E-state index in [2.05, 4.69) is 5.32 Å². The zero-order valence-electron chi connectivity index (χ0n) is 15.3. The number of nitrogens with one attached hydrogen (secondary N) is 1. The van der Waals surface area contributed by atoms with Crippen molar-refractivity contribution >= 4 is 32.6 Å².